The molecule has 1 heterocycles. The summed E-state index contributed by atoms with van der Waals surface area (Å²) in [7, 11) is 0. The predicted molar refractivity (Wildman–Crippen MR) is 98.4 cm³/mol. The normalized spacial score (nSPS) is 23.6. The third kappa shape index (κ3) is 3.75. The first-order valence-electron chi connectivity index (χ1n) is 9.23. The van der Waals surface area contributed by atoms with Gasteiger partial charge in [-0.3, -0.25) is 9.59 Å². The lowest BCUT2D eigenvalue weighted by Crippen LogP contribution is -2.43. The van der Waals surface area contributed by atoms with Crippen molar-refractivity contribution in [3.05, 3.63) is 30.0 Å². The van der Waals surface area contributed by atoms with E-state index in [0.717, 1.165) is 29.3 Å². The maximum atomic E-state index is 12.5. The predicted octanol–water partition coefficient (Wildman–Crippen LogP) is 3.71. The van der Waals surface area contributed by atoms with Crippen LogP contribution >= 0.6 is 0 Å². The lowest BCUT2D eigenvalue weighted by atomic mass is 9.78. The van der Waals surface area contributed by atoms with Crippen molar-refractivity contribution in [3.63, 3.8) is 0 Å². The van der Waals surface area contributed by atoms with Crippen molar-refractivity contribution < 1.29 is 9.59 Å². The molecular weight excluding hydrogens is 314 g/mol. The molecule has 1 aromatic carbocycles. The Morgan fingerprint density at radius 1 is 1.24 bits per heavy atom. The Bertz CT molecular complexity index is 780. The molecular formula is C20H27N3O2. The summed E-state index contributed by atoms with van der Waals surface area (Å²) in [6, 6.07) is 6.04. The first kappa shape index (κ1) is 17.6. The van der Waals surface area contributed by atoms with E-state index in [1.807, 2.05) is 25.1 Å². The minimum absolute atomic E-state index is 0.0352. The second kappa shape index (κ2) is 7.38. The summed E-state index contributed by atoms with van der Waals surface area (Å²) in [5.41, 5.74) is 1.90. The average molecular weight is 341 g/mol. The second-order valence-corrected chi connectivity index (χ2v) is 7.40. The number of carbonyl (C=O) groups excluding carboxylic acids is 2. The smallest absolute Gasteiger partial charge is 0.247 e. The van der Waals surface area contributed by atoms with Crippen molar-refractivity contribution in [2.45, 2.75) is 58.9 Å². The number of aryl methyl sites for hydroxylation is 1. The van der Waals surface area contributed by atoms with Crippen LogP contribution in [0.15, 0.2) is 24.4 Å². The minimum atomic E-state index is -0.138. The summed E-state index contributed by atoms with van der Waals surface area (Å²) in [6.07, 6.45) is 5.53. The monoisotopic (exact) mass is 341 g/mol. The average Bonchev–Trinajstić information content (AvgIpc) is 3.02. The standard InChI is InChI=1S/C20H27N3O2/c1-13-6-4-8-17(15(13)3)22-19(24)10-11-20(25)23-18-9-5-7-14(2)16(18)12-21-23/h5,7,9,12-13,15,17H,4,6,8,10-11H2,1-3H3,(H,22,24). The Morgan fingerprint density at radius 3 is 2.84 bits per heavy atom. The first-order valence-corrected chi connectivity index (χ1v) is 9.23. The molecule has 25 heavy (non-hydrogen) atoms. The zero-order valence-electron chi connectivity index (χ0n) is 15.3. The van der Waals surface area contributed by atoms with Crippen molar-refractivity contribution >= 4 is 22.7 Å². The molecule has 134 valence electrons. The number of amides is 1. The van der Waals surface area contributed by atoms with Crippen molar-refractivity contribution in [2.24, 2.45) is 11.8 Å². The number of fused-ring (bicyclic) bond motifs is 1. The molecule has 1 N–H and O–H groups in total. The van der Waals surface area contributed by atoms with Gasteiger partial charge >= 0.3 is 0 Å². The van der Waals surface area contributed by atoms with E-state index < -0.39 is 0 Å². The fourth-order valence-corrected chi connectivity index (χ4v) is 3.79. The van der Waals surface area contributed by atoms with E-state index in [-0.39, 0.29) is 30.7 Å². The van der Waals surface area contributed by atoms with Crippen LogP contribution in [0.1, 0.15) is 56.3 Å². The van der Waals surface area contributed by atoms with Crippen molar-refractivity contribution in [3.8, 4) is 0 Å². The van der Waals surface area contributed by atoms with Gasteiger partial charge in [0.15, 0.2) is 0 Å². The Hall–Kier alpha value is -2.17. The van der Waals surface area contributed by atoms with Gasteiger partial charge in [0.25, 0.3) is 0 Å². The Morgan fingerprint density at radius 2 is 2.04 bits per heavy atom. The van der Waals surface area contributed by atoms with Crippen LogP contribution in [0.2, 0.25) is 0 Å². The Kier molecular flexibility index (Phi) is 5.21. The number of nitrogens with zero attached hydrogens (tertiary/aromatic N) is 2. The van der Waals surface area contributed by atoms with Gasteiger partial charge < -0.3 is 5.32 Å². The first-order chi connectivity index (χ1) is 12.0. The van der Waals surface area contributed by atoms with E-state index in [1.54, 1.807) is 6.20 Å². The maximum absolute atomic E-state index is 12.5. The van der Waals surface area contributed by atoms with Gasteiger partial charge in [-0.15, -0.1) is 0 Å². The van der Waals surface area contributed by atoms with Gasteiger partial charge in [-0.25, -0.2) is 4.68 Å². The zero-order chi connectivity index (χ0) is 18.0. The fraction of sp³-hybridized carbons (Fsp3) is 0.550. The van der Waals surface area contributed by atoms with Gasteiger partial charge in [0, 0.05) is 24.3 Å². The Balaban J connectivity index is 1.58. The molecule has 2 aromatic rings. The summed E-state index contributed by atoms with van der Waals surface area (Å²) in [4.78, 5) is 24.7. The van der Waals surface area contributed by atoms with Gasteiger partial charge in [0.2, 0.25) is 11.8 Å². The zero-order valence-corrected chi connectivity index (χ0v) is 15.3. The summed E-state index contributed by atoms with van der Waals surface area (Å²) in [6.45, 7) is 6.45. The molecule has 1 aromatic heterocycles. The van der Waals surface area contributed by atoms with Gasteiger partial charge in [-0.2, -0.15) is 5.10 Å². The largest absolute Gasteiger partial charge is 0.353 e. The van der Waals surface area contributed by atoms with E-state index >= 15 is 0 Å². The molecule has 5 nitrogen and oxygen atoms in total. The van der Waals surface area contributed by atoms with Crippen LogP contribution in [-0.2, 0) is 4.79 Å². The molecule has 0 radical (unpaired) electrons. The molecule has 0 saturated heterocycles. The summed E-state index contributed by atoms with van der Waals surface area (Å²) in [5.74, 6) is 0.957. The highest BCUT2D eigenvalue weighted by Gasteiger charge is 2.28. The maximum Gasteiger partial charge on any atom is 0.247 e. The molecule has 5 heteroatoms. The van der Waals surface area contributed by atoms with Crippen LogP contribution in [0.3, 0.4) is 0 Å². The SMILES string of the molecule is Cc1cccc2c1cnn2C(=O)CCC(=O)NC1CCCC(C)C1C. The number of rotatable bonds is 4. The molecule has 1 fully saturated rings. The van der Waals surface area contributed by atoms with E-state index in [1.165, 1.54) is 11.1 Å². The fourth-order valence-electron chi connectivity index (χ4n) is 3.79. The van der Waals surface area contributed by atoms with Gasteiger partial charge in [-0.1, -0.05) is 38.8 Å². The third-order valence-corrected chi connectivity index (χ3v) is 5.69. The molecule has 3 atom stereocenters. The highest BCUT2D eigenvalue weighted by molar-refractivity contribution is 5.93. The van der Waals surface area contributed by atoms with E-state index in [2.05, 4.69) is 24.3 Å². The molecule has 1 amide bonds. The lowest BCUT2D eigenvalue weighted by molar-refractivity contribution is -0.122. The molecule has 3 rings (SSSR count). The highest BCUT2D eigenvalue weighted by Crippen LogP contribution is 2.29. The summed E-state index contributed by atoms with van der Waals surface area (Å²) < 4.78 is 1.42. The number of nitrogens with one attached hydrogen (secondary N) is 1. The number of hydrogen-bond acceptors (Lipinski definition) is 3. The molecule has 1 saturated carbocycles. The summed E-state index contributed by atoms with van der Waals surface area (Å²) >= 11 is 0. The van der Waals surface area contributed by atoms with Crippen LogP contribution in [0.5, 0.6) is 0 Å². The quantitative estimate of drug-likeness (QED) is 0.922. The van der Waals surface area contributed by atoms with Crippen LogP contribution in [0.4, 0.5) is 0 Å². The van der Waals surface area contributed by atoms with E-state index in [0.29, 0.717) is 11.8 Å². The lowest BCUT2D eigenvalue weighted by Gasteiger charge is -2.34. The second-order valence-electron chi connectivity index (χ2n) is 7.40. The minimum Gasteiger partial charge on any atom is -0.353 e. The molecule has 1 aliphatic rings. The van der Waals surface area contributed by atoms with Crippen LogP contribution in [0, 0.1) is 18.8 Å². The van der Waals surface area contributed by atoms with Crippen LogP contribution < -0.4 is 5.32 Å². The molecule has 0 spiro atoms. The van der Waals surface area contributed by atoms with Gasteiger partial charge in [0.1, 0.15) is 0 Å². The van der Waals surface area contributed by atoms with E-state index in [9.17, 15) is 9.59 Å². The van der Waals surface area contributed by atoms with Crippen molar-refractivity contribution in [2.75, 3.05) is 0 Å². The molecule has 0 bridgehead atoms. The third-order valence-electron chi connectivity index (χ3n) is 5.69. The molecule has 3 unspecified atom stereocenters. The van der Waals surface area contributed by atoms with Crippen LogP contribution in [-0.4, -0.2) is 27.6 Å². The highest BCUT2D eigenvalue weighted by atomic mass is 16.2. The number of benzene rings is 1. The summed E-state index contributed by atoms with van der Waals surface area (Å²) in [5, 5.41) is 8.31. The Labute approximate surface area is 148 Å². The van der Waals surface area contributed by atoms with Crippen molar-refractivity contribution in [1.29, 1.82) is 0 Å². The van der Waals surface area contributed by atoms with Gasteiger partial charge in [0.05, 0.1) is 11.7 Å². The number of carbonyl (C=O) groups is 2. The molecule has 1 aliphatic carbocycles. The number of aromatic nitrogens is 2. The number of hydrogen-bond donors (Lipinski definition) is 1. The topological polar surface area (TPSA) is 64.0 Å². The van der Waals surface area contributed by atoms with Crippen molar-refractivity contribution in [1.82, 2.24) is 15.1 Å². The van der Waals surface area contributed by atoms with E-state index in [4.69, 9.17) is 0 Å². The van der Waals surface area contributed by atoms with Crippen LogP contribution in [0.25, 0.3) is 10.9 Å². The van der Waals surface area contributed by atoms with Gasteiger partial charge in [-0.05, 0) is 36.8 Å². The molecule has 0 aliphatic heterocycles.